The number of benzene rings is 2. The van der Waals surface area contributed by atoms with Crippen LogP contribution in [-0.2, 0) is 16.6 Å². The van der Waals surface area contributed by atoms with E-state index in [1.165, 1.54) is 18.2 Å². The van der Waals surface area contributed by atoms with Gasteiger partial charge in [0, 0.05) is 6.54 Å². The van der Waals surface area contributed by atoms with E-state index < -0.39 is 15.8 Å². The molecule has 2 aromatic carbocycles. The van der Waals surface area contributed by atoms with Crippen LogP contribution in [-0.4, -0.2) is 8.42 Å². The van der Waals surface area contributed by atoms with Crippen molar-refractivity contribution >= 4 is 31.6 Å². The quantitative estimate of drug-likeness (QED) is 0.865. The minimum Gasteiger partial charge on any atom is -0.326 e. The van der Waals surface area contributed by atoms with Gasteiger partial charge in [-0.3, -0.25) is 4.72 Å². The highest BCUT2D eigenvalue weighted by molar-refractivity contribution is 9.10. The highest BCUT2D eigenvalue weighted by Gasteiger charge is 2.16. The number of anilines is 1. The van der Waals surface area contributed by atoms with Crippen LogP contribution in [0.3, 0.4) is 0 Å². The second-order valence-electron chi connectivity index (χ2n) is 4.53. The molecule has 0 unspecified atom stereocenters. The topological polar surface area (TPSA) is 72.2 Å². The van der Waals surface area contributed by atoms with Gasteiger partial charge in [0.2, 0.25) is 0 Å². The Kier molecular flexibility index (Phi) is 4.65. The molecule has 21 heavy (non-hydrogen) atoms. The molecule has 7 heteroatoms. The van der Waals surface area contributed by atoms with Crippen molar-refractivity contribution < 1.29 is 12.8 Å². The van der Waals surface area contributed by atoms with Crippen LogP contribution in [0.15, 0.2) is 45.8 Å². The Bertz CT molecular complexity index is 761. The molecule has 0 aliphatic rings. The SMILES string of the molecule is Cc1cc(Br)c(F)cc1NS(=O)(=O)c1ccc(CN)cc1. The molecule has 0 aliphatic heterocycles. The lowest BCUT2D eigenvalue weighted by atomic mass is 10.2. The van der Waals surface area contributed by atoms with E-state index in [0.29, 0.717) is 12.1 Å². The Hall–Kier alpha value is -1.44. The zero-order valence-electron chi connectivity index (χ0n) is 11.2. The number of aryl methyl sites for hydroxylation is 1. The maximum atomic E-state index is 13.5. The molecule has 0 atom stereocenters. The fraction of sp³-hybridized carbons (Fsp3) is 0.143. The normalized spacial score (nSPS) is 11.4. The second kappa shape index (κ2) is 6.13. The molecule has 0 amide bonds. The van der Waals surface area contributed by atoms with E-state index in [9.17, 15) is 12.8 Å². The number of sulfonamides is 1. The maximum Gasteiger partial charge on any atom is 0.261 e. The highest BCUT2D eigenvalue weighted by atomic mass is 79.9. The van der Waals surface area contributed by atoms with Gasteiger partial charge >= 0.3 is 0 Å². The van der Waals surface area contributed by atoms with Crippen LogP contribution in [0.5, 0.6) is 0 Å². The summed E-state index contributed by atoms with van der Waals surface area (Å²) in [5.74, 6) is -0.531. The zero-order chi connectivity index (χ0) is 15.6. The lowest BCUT2D eigenvalue weighted by Crippen LogP contribution is -2.14. The van der Waals surface area contributed by atoms with Gasteiger partial charge in [0.05, 0.1) is 15.1 Å². The number of hydrogen-bond donors (Lipinski definition) is 2. The van der Waals surface area contributed by atoms with Gasteiger partial charge in [-0.05, 0) is 58.2 Å². The first-order chi connectivity index (χ1) is 9.83. The van der Waals surface area contributed by atoms with Crippen molar-refractivity contribution in [3.05, 3.63) is 57.8 Å². The minimum atomic E-state index is -3.76. The molecule has 3 N–H and O–H groups in total. The Morgan fingerprint density at radius 1 is 1.24 bits per heavy atom. The molecular formula is C14H14BrFN2O2S. The van der Waals surface area contributed by atoms with Crippen molar-refractivity contribution in [2.24, 2.45) is 5.73 Å². The van der Waals surface area contributed by atoms with Gasteiger partial charge < -0.3 is 5.73 Å². The van der Waals surface area contributed by atoms with Gasteiger partial charge in [0.25, 0.3) is 10.0 Å². The average molecular weight is 373 g/mol. The number of rotatable bonds is 4. The minimum absolute atomic E-state index is 0.0995. The van der Waals surface area contributed by atoms with Crippen molar-refractivity contribution in [2.75, 3.05) is 4.72 Å². The number of hydrogen-bond acceptors (Lipinski definition) is 3. The van der Waals surface area contributed by atoms with Crippen LogP contribution in [0.4, 0.5) is 10.1 Å². The second-order valence-corrected chi connectivity index (χ2v) is 7.07. The smallest absolute Gasteiger partial charge is 0.261 e. The largest absolute Gasteiger partial charge is 0.326 e. The van der Waals surface area contributed by atoms with Crippen molar-refractivity contribution in [2.45, 2.75) is 18.4 Å². The Morgan fingerprint density at radius 3 is 2.43 bits per heavy atom. The molecule has 112 valence electrons. The predicted octanol–water partition coefficient (Wildman–Crippen LogP) is 3.16. The van der Waals surface area contributed by atoms with E-state index >= 15 is 0 Å². The van der Waals surface area contributed by atoms with E-state index in [1.807, 2.05) is 0 Å². The molecule has 4 nitrogen and oxygen atoms in total. The van der Waals surface area contributed by atoms with Gasteiger partial charge in [-0.1, -0.05) is 12.1 Å². The van der Waals surface area contributed by atoms with Crippen LogP contribution >= 0.6 is 15.9 Å². The first-order valence-corrected chi connectivity index (χ1v) is 8.38. The summed E-state index contributed by atoms with van der Waals surface area (Å²) in [5.41, 5.74) is 7.13. The third-order valence-electron chi connectivity index (χ3n) is 2.98. The summed E-state index contributed by atoms with van der Waals surface area (Å²) in [6.07, 6.45) is 0. The molecule has 2 aromatic rings. The van der Waals surface area contributed by atoms with Gasteiger partial charge in [-0.15, -0.1) is 0 Å². The summed E-state index contributed by atoms with van der Waals surface area (Å²) in [5, 5.41) is 0. The Morgan fingerprint density at radius 2 is 1.86 bits per heavy atom. The van der Waals surface area contributed by atoms with Gasteiger partial charge in [0.1, 0.15) is 5.82 Å². The highest BCUT2D eigenvalue weighted by Crippen LogP contribution is 2.26. The van der Waals surface area contributed by atoms with Crippen LogP contribution in [0.25, 0.3) is 0 Å². The maximum absolute atomic E-state index is 13.5. The van der Waals surface area contributed by atoms with Gasteiger partial charge in [-0.2, -0.15) is 0 Å². The molecule has 0 aliphatic carbocycles. The lowest BCUT2D eigenvalue weighted by molar-refractivity contribution is 0.601. The predicted molar refractivity (Wildman–Crippen MR) is 84.0 cm³/mol. The molecule has 0 aromatic heterocycles. The molecule has 0 bridgehead atoms. The van der Waals surface area contributed by atoms with E-state index in [1.54, 1.807) is 19.1 Å². The zero-order valence-corrected chi connectivity index (χ0v) is 13.6. The fourth-order valence-electron chi connectivity index (χ4n) is 1.76. The summed E-state index contributed by atoms with van der Waals surface area (Å²) < 4.78 is 40.8. The number of halogens is 2. The summed E-state index contributed by atoms with van der Waals surface area (Å²) in [7, 11) is -3.76. The van der Waals surface area contributed by atoms with Crippen LogP contribution in [0.2, 0.25) is 0 Å². The molecule has 0 saturated carbocycles. The van der Waals surface area contributed by atoms with Gasteiger partial charge in [-0.25, -0.2) is 12.8 Å². The summed E-state index contributed by atoms with van der Waals surface area (Å²) >= 11 is 3.06. The van der Waals surface area contributed by atoms with E-state index in [-0.39, 0.29) is 15.1 Å². The van der Waals surface area contributed by atoms with Crippen molar-refractivity contribution in [1.82, 2.24) is 0 Å². The molecule has 0 spiro atoms. The molecular weight excluding hydrogens is 359 g/mol. The van der Waals surface area contributed by atoms with Crippen molar-refractivity contribution in [3.63, 3.8) is 0 Å². The van der Waals surface area contributed by atoms with Crippen LogP contribution in [0.1, 0.15) is 11.1 Å². The average Bonchev–Trinajstić information content (AvgIpc) is 2.44. The van der Waals surface area contributed by atoms with E-state index in [4.69, 9.17) is 5.73 Å². The van der Waals surface area contributed by atoms with E-state index in [2.05, 4.69) is 20.7 Å². The third kappa shape index (κ3) is 3.61. The number of nitrogens with two attached hydrogens (primary N) is 1. The summed E-state index contributed by atoms with van der Waals surface area (Å²) in [4.78, 5) is 0.0995. The first kappa shape index (κ1) is 15.9. The molecule has 0 saturated heterocycles. The molecule has 0 fully saturated rings. The standard InChI is InChI=1S/C14H14BrFN2O2S/c1-9-6-12(15)13(16)7-14(9)18-21(19,20)11-4-2-10(8-17)3-5-11/h2-7,18H,8,17H2,1H3. The number of nitrogens with one attached hydrogen (secondary N) is 1. The Balaban J connectivity index is 2.34. The Labute approximate surface area is 131 Å². The lowest BCUT2D eigenvalue weighted by Gasteiger charge is -2.11. The molecule has 0 heterocycles. The van der Waals surface area contributed by atoms with Crippen molar-refractivity contribution in [1.29, 1.82) is 0 Å². The first-order valence-electron chi connectivity index (χ1n) is 6.11. The van der Waals surface area contributed by atoms with Crippen LogP contribution in [0, 0.1) is 12.7 Å². The molecule has 0 radical (unpaired) electrons. The summed E-state index contributed by atoms with van der Waals surface area (Å²) in [6, 6.07) is 8.88. The summed E-state index contributed by atoms with van der Waals surface area (Å²) in [6.45, 7) is 2.03. The molecule has 2 rings (SSSR count). The monoisotopic (exact) mass is 372 g/mol. The van der Waals surface area contributed by atoms with E-state index in [0.717, 1.165) is 11.6 Å². The van der Waals surface area contributed by atoms with Crippen molar-refractivity contribution in [3.8, 4) is 0 Å². The third-order valence-corrected chi connectivity index (χ3v) is 4.97. The van der Waals surface area contributed by atoms with Crippen LogP contribution < -0.4 is 10.5 Å². The van der Waals surface area contributed by atoms with Gasteiger partial charge in [0.15, 0.2) is 0 Å². The fourth-order valence-corrected chi connectivity index (χ4v) is 3.34.